The number of hydrogen-bond acceptors (Lipinski definition) is 3. The van der Waals surface area contributed by atoms with Gasteiger partial charge in [-0.25, -0.2) is 0 Å². The van der Waals surface area contributed by atoms with Crippen LogP contribution >= 0.6 is 23.2 Å². The molecule has 2 aliphatic heterocycles. The van der Waals surface area contributed by atoms with Gasteiger partial charge in [0.25, 0.3) is 0 Å². The molecule has 0 bridgehead atoms. The molecule has 6 heteroatoms. The Bertz CT molecular complexity index is 561. The maximum absolute atomic E-state index is 12.0. The minimum Gasteiger partial charge on any atom is -0.508 e. The predicted molar refractivity (Wildman–Crippen MR) is 82.8 cm³/mol. The summed E-state index contributed by atoms with van der Waals surface area (Å²) in [5.41, 5.74) is 0.642. The van der Waals surface area contributed by atoms with Crippen molar-refractivity contribution in [1.82, 2.24) is 10.2 Å². The molecular weight excluding hydrogens is 311 g/mol. The third-order valence-electron chi connectivity index (χ3n) is 4.35. The molecular formula is C15H18Cl2N2O2. The van der Waals surface area contributed by atoms with Crippen molar-refractivity contribution in [3.63, 3.8) is 0 Å². The molecule has 21 heavy (non-hydrogen) atoms. The molecule has 2 fully saturated rings. The quantitative estimate of drug-likeness (QED) is 0.896. The molecule has 0 spiro atoms. The summed E-state index contributed by atoms with van der Waals surface area (Å²) in [5, 5.41) is 14.2. The van der Waals surface area contributed by atoms with Crippen LogP contribution in [-0.2, 0) is 4.79 Å². The lowest BCUT2D eigenvalue weighted by Crippen LogP contribution is -2.42. The highest BCUT2D eigenvalue weighted by molar-refractivity contribution is 6.42. The molecule has 2 unspecified atom stereocenters. The molecule has 114 valence electrons. The zero-order chi connectivity index (χ0) is 15.0. The van der Waals surface area contributed by atoms with Gasteiger partial charge in [0.05, 0.1) is 10.0 Å². The Morgan fingerprint density at radius 2 is 2.14 bits per heavy atom. The number of phenols is 1. The molecule has 0 aromatic heterocycles. The molecule has 3 rings (SSSR count). The SMILES string of the molecule is O=C(CC1CNC(c2c(O)ccc(Cl)c2Cl)C1)N1CCC1. The summed E-state index contributed by atoms with van der Waals surface area (Å²) in [7, 11) is 0. The summed E-state index contributed by atoms with van der Waals surface area (Å²) >= 11 is 12.2. The van der Waals surface area contributed by atoms with E-state index in [9.17, 15) is 9.90 Å². The van der Waals surface area contributed by atoms with Crippen LogP contribution in [0.4, 0.5) is 0 Å². The maximum atomic E-state index is 12.0. The fourth-order valence-corrected chi connectivity index (χ4v) is 3.47. The molecule has 2 atom stereocenters. The number of hydrogen-bond donors (Lipinski definition) is 2. The van der Waals surface area contributed by atoms with Crippen LogP contribution in [0.25, 0.3) is 0 Å². The molecule has 2 N–H and O–H groups in total. The third kappa shape index (κ3) is 2.98. The molecule has 1 amide bonds. The van der Waals surface area contributed by atoms with Gasteiger partial charge in [-0.15, -0.1) is 0 Å². The summed E-state index contributed by atoms with van der Waals surface area (Å²) in [6.07, 6.45) is 2.46. The Morgan fingerprint density at radius 1 is 1.38 bits per heavy atom. The number of benzene rings is 1. The minimum absolute atomic E-state index is 0.0506. The molecule has 0 radical (unpaired) electrons. The number of likely N-dealkylation sites (tertiary alicyclic amines) is 1. The van der Waals surface area contributed by atoms with E-state index in [1.165, 1.54) is 0 Å². The number of carbonyl (C=O) groups excluding carboxylic acids is 1. The van der Waals surface area contributed by atoms with E-state index < -0.39 is 0 Å². The van der Waals surface area contributed by atoms with Crippen LogP contribution in [0.15, 0.2) is 12.1 Å². The third-order valence-corrected chi connectivity index (χ3v) is 5.17. The van der Waals surface area contributed by atoms with E-state index in [1.54, 1.807) is 12.1 Å². The van der Waals surface area contributed by atoms with Gasteiger partial charge < -0.3 is 15.3 Å². The standard InChI is InChI=1S/C15H18Cl2N2O2/c16-10-2-3-12(20)14(15(10)17)11-6-9(8-18-11)7-13(21)19-4-1-5-19/h2-3,9,11,18,20H,1,4-8H2. The first kappa shape index (κ1) is 14.9. The van der Waals surface area contributed by atoms with Crippen LogP contribution in [0.5, 0.6) is 5.75 Å². The highest BCUT2D eigenvalue weighted by Gasteiger charge is 2.32. The van der Waals surface area contributed by atoms with Gasteiger partial charge in [-0.2, -0.15) is 0 Å². The lowest BCUT2D eigenvalue weighted by atomic mass is 9.96. The number of aromatic hydroxyl groups is 1. The lowest BCUT2D eigenvalue weighted by molar-refractivity contribution is -0.135. The lowest BCUT2D eigenvalue weighted by Gasteiger charge is -2.31. The Balaban J connectivity index is 1.67. The summed E-state index contributed by atoms with van der Waals surface area (Å²) in [4.78, 5) is 13.9. The van der Waals surface area contributed by atoms with Crippen LogP contribution in [0, 0.1) is 5.92 Å². The van der Waals surface area contributed by atoms with Gasteiger partial charge in [-0.05, 0) is 37.4 Å². The van der Waals surface area contributed by atoms with Crippen molar-refractivity contribution < 1.29 is 9.90 Å². The van der Waals surface area contributed by atoms with Crippen molar-refractivity contribution in [2.75, 3.05) is 19.6 Å². The number of nitrogens with zero attached hydrogens (tertiary/aromatic N) is 1. The monoisotopic (exact) mass is 328 g/mol. The van der Waals surface area contributed by atoms with E-state index in [4.69, 9.17) is 23.2 Å². The Morgan fingerprint density at radius 3 is 2.81 bits per heavy atom. The van der Waals surface area contributed by atoms with E-state index in [2.05, 4.69) is 5.32 Å². The number of carbonyl (C=O) groups is 1. The molecule has 1 aromatic carbocycles. The smallest absolute Gasteiger partial charge is 0.222 e. The second-order valence-corrected chi connectivity index (χ2v) is 6.58. The van der Waals surface area contributed by atoms with Crippen LogP contribution in [0.1, 0.15) is 30.9 Å². The summed E-state index contributed by atoms with van der Waals surface area (Å²) in [6, 6.07) is 3.09. The topological polar surface area (TPSA) is 52.6 Å². The zero-order valence-corrected chi connectivity index (χ0v) is 13.1. The fraction of sp³-hybridized carbons (Fsp3) is 0.533. The molecule has 2 aliphatic rings. The number of halogens is 2. The molecule has 2 saturated heterocycles. The molecule has 1 aromatic rings. The van der Waals surface area contributed by atoms with Crippen molar-refractivity contribution in [2.45, 2.75) is 25.3 Å². The van der Waals surface area contributed by atoms with Crippen molar-refractivity contribution in [2.24, 2.45) is 5.92 Å². The van der Waals surface area contributed by atoms with Gasteiger partial charge in [-0.3, -0.25) is 4.79 Å². The van der Waals surface area contributed by atoms with Crippen LogP contribution < -0.4 is 5.32 Å². The van der Waals surface area contributed by atoms with Gasteiger partial charge in [0, 0.05) is 31.1 Å². The molecule has 0 saturated carbocycles. The summed E-state index contributed by atoms with van der Waals surface area (Å²) < 4.78 is 0. The van der Waals surface area contributed by atoms with Crippen LogP contribution in [-0.4, -0.2) is 35.5 Å². The van der Waals surface area contributed by atoms with E-state index in [-0.39, 0.29) is 23.6 Å². The number of rotatable bonds is 3. The number of amides is 1. The molecule has 4 nitrogen and oxygen atoms in total. The average Bonchev–Trinajstić information content (AvgIpc) is 2.80. The van der Waals surface area contributed by atoms with E-state index in [1.807, 2.05) is 4.90 Å². The maximum Gasteiger partial charge on any atom is 0.222 e. The summed E-state index contributed by atoms with van der Waals surface area (Å²) in [6.45, 7) is 2.54. The normalized spacial score (nSPS) is 25.0. The second kappa shape index (κ2) is 6.03. The molecule has 0 aliphatic carbocycles. The van der Waals surface area contributed by atoms with Crippen molar-refractivity contribution >= 4 is 29.1 Å². The van der Waals surface area contributed by atoms with Gasteiger partial charge >= 0.3 is 0 Å². The first-order valence-electron chi connectivity index (χ1n) is 7.24. The van der Waals surface area contributed by atoms with Gasteiger partial charge in [-0.1, -0.05) is 23.2 Å². The van der Waals surface area contributed by atoms with Gasteiger partial charge in [0.2, 0.25) is 5.91 Å². The first-order valence-corrected chi connectivity index (χ1v) is 8.00. The highest BCUT2D eigenvalue weighted by Crippen LogP contribution is 2.41. The van der Waals surface area contributed by atoms with Gasteiger partial charge in [0.1, 0.15) is 5.75 Å². The van der Waals surface area contributed by atoms with E-state index >= 15 is 0 Å². The van der Waals surface area contributed by atoms with Crippen molar-refractivity contribution in [1.29, 1.82) is 0 Å². The second-order valence-electron chi connectivity index (χ2n) is 5.80. The van der Waals surface area contributed by atoms with Crippen molar-refractivity contribution in [3.05, 3.63) is 27.7 Å². The van der Waals surface area contributed by atoms with Crippen LogP contribution in [0.2, 0.25) is 10.0 Å². The first-order chi connectivity index (χ1) is 10.1. The predicted octanol–water partition coefficient (Wildman–Crippen LogP) is 2.97. The molecule has 2 heterocycles. The Hall–Kier alpha value is -0.970. The highest BCUT2D eigenvalue weighted by atomic mass is 35.5. The fourth-order valence-electron chi connectivity index (χ4n) is 3.01. The van der Waals surface area contributed by atoms with Crippen molar-refractivity contribution in [3.8, 4) is 5.75 Å². The zero-order valence-electron chi connectivity index (χ0n) is 11.6. The van der Waals surface area contributed by atoms with E-state index in [0.717, 1.165) is 32.5 Å². The van der Waals surface area contributed by atoms with E-state index in [0.29, 0.717) is 22.0 Å². The summed E-state index contributed by atoms with van der Waals surface area (Å²) in [5.74, 6) is 0.657. The number of nitrogens with one attached hydrogen (secondary N) is 1. The van der Waals surface area contributed by atoms with Crippen LogP contribution in [0.3, 0.4) is 0 Å². The minimum atomic E-state index is -0.0506. The van der Waals surface area contributed by atoms with Gasteiger partial charge in [0.15, 0.2) is 0 Å². The largest absolute Gasteiger partial charge is 0.508 e. The number of phenolic OH excluding ortho intramolecular Hbond substituents is 1. The Kier molecular flexibility index (Phi) is 4.29. The average molecular weight is 329 g/mol. The Labute approximate surface area is 134 Å².